The van der Waals surface area contributed by atoms with E-state index in [2.05, 4.69) is 10.3 Å². The van der Waals surface area contributed by atoms with Gasteiger partial charge in [-0.25, -0.2) is 9.37 Å². The van der Waals surface area contributed by atoms with Crippen LogP contribution in [0.2, 0.25) is 0 Å². The number of carbonyl (C=O) groups excluding carboxylic acids is 1. The third-order valence-electron chi connectivity index (χ3n) is 4.93. The summed E-state index contributed by atoms with van der Waals surface area (Å²) in [6.45, 7) is 3.22. The first-order chi connectivity index (χ1) is 14.6. The second-order valence-electron chi connectivity index (χ2n) is 6.94. The molecule has 4 rings (SSSR count). The summed E-state index contributed by atoms with van der Waals surface area (Å²) >= 11 is 0. The molecule has 0 fully saturated rings. The van der Waals surface area contributed by atoms with E-state index in [0.717, 1.165) is 22.3 Å². The van der Waals surface area contributed by atoms with E-state index >= 15 is 0 Å². The van der Waals surface area contributed by atoms with Crippen LogP contribution in [0.3, 0.4) is 0 Å². The average molecular weight is 403 g/mol. The number of amides is 1. The number of benzene rings is 3. The molecule has 0 saturated heterocycles. The van der Waals surface area contributed by atoms with E-state index in [1.807, 2.05) is 60.0 Å². The number of hydrogen-bond acceptors (Lipinski definition) is 3. The van der Waals surface area contributed by atoms with Crippen molar-refractivity contribution in [1.82, 2.24) is 14.9 Å². The number of fused-ring (bicyclic) bond motifs is 1. The number of carbonyl (C=O) groups is 1. The molecule has 152 valence electrons. The summed E-state index contributed by atoms with van der Waals surface area (Å²) in [5.41, 5.74) is 2.89. The third kappa shape index (κ3) is 4.17. The number of aromatic nitrogens is 2. The van der Waals surface area contributed by atoms with Crippen LogP contribution in [-0.4, -0.2) is 22.1 Å². The van der Waals surface area contributed by atoms with E-state index in [1.54, 1.807) is 12.1 Å². The van der Waals surface area contributed by atoms with Crippen LogP contribution in [0.5, 0.6) is 5.75 Å². The van der Waals surface area contributed by atoms with Gasteiger partial charge in [0.1, 0.15) is 24.0 Å². The van der Waals surface area contributed by atoms with Crippen molar-refractivity contribution >= 4 is 16.9 Å². The van der Waals surface area contributed by atoms with Crippen LogP contribution in [0, 0.1) is 12.7 Å². The molecule has 0 saturated carbocycles. The van der Waals surface area contributed by atoms with Gasteiger partial charge in [-0.05, 0) is 42.8 Å². The van der Waals surface area contributed by atoms with Gasteiger partial charge in [0.15, 0.2) is 0 Å². The molecule has 0 aliphatic heterocycles. The summed E-state index contributed by atoms with van der Waals surface area (Å²) in [4.78, 5) is 17.0. The highest BCUT2D eigenvalue weighted by Crippen LogP contribution is 2.19. The van der Waals surface area contributed by atoms with Crippen molar-refractivity contribution in [3.8, 4) is 5.75 Å². The minimum absolute atomic E-state index is 0.0167. The summed E-state index contributed by atoms with van der Waals surface area (Å²) < 4.78 is 21.8. The van der Waals surface area contributed by atoms with Gasteiger partial charge in [-0.1, -0.05) is 42.5 Å². The van der Waals surface area contributed by atoms with Crippen molar-refractivity contribution in [1.29, 1.82) is 0 Å². The Bertz CT molecular complexity index is 1190. The number of ether oxygens (including phenoxy) is 1. The second-order valence-corrected chi connectivity index (χ2v) is 6.94. The number of nitrogens with zero attached hydrogens (tertiary/aromatic N) is 2. The summed E-state index contributed by atoms with van der Waals surface area (Å²) in [6.07, 6.45) is 0. The Kier molecular flexibility index (Phi) is 5.75. The number of aryl methyl sites for hydroxylation is 1. The molecule has 5 nitrogen and oxygen atoms in total. The number of nitrogens with one attached hydrogen (secondary N) is 1. The Hall–Kier alpha value is -3.67. The van der Waals surface area contributed by atoms with Crippen LogP contribution in [0.15, 0.2) is 72.8 Å². The Morgan fingerprint density at radius 3 is 2.60 bits per heavy atom. The van der Waals surface area contributed by atoms with Gasteiger partial charge in [0.2, 0.25) is 0 Å². The fourth-order valence-electron chi connectivity index (χ4n) is 3.38. The van der Waals surface area contributed by atoms with Crippen molar-refractivity contribution < 1.29 is 13.9 Å². The lowest BCUT2D eigenvalue weighted by Gasteiger charge is -2.13. The maximum atomic E-state index is 13.9. The van der Waals surface area contributed by atoms with Gasteiger partial charge in [-0.3, -0.25) is 4.79 Å². The molecule has 1 amide bonds. The van der Waals surface area contributed by atoms with Gasteiger partial charge in [0.25, 0.3) is 5.91 Å². The van der Waals surface area contributed by atoms with Gasteiger partial charge in [0, 0.05) is 0 Å². The predicted octanol–water partition coefficient (Wildman–Crippen LogP) is 4.49. The molecule has 0 atom stereocenters. The van der Waals surface area contributed by atoms with Crippen LogP contribution in [0.25, 0.3) is 11.0 Å². The van der Waals surface area contributed by atoms with Gasteiger partial charge >= 0.3 is 0 Å². The van der Waals surface area contributed by atoms with Crippen LogP contribution in [0.4, 0.5) is 4.39 Å². The number of imidazole rings is 1. The smallest absolute Gasteiger partial charge is 0.254 e. The van der Waals surface area contributed by atoms with Crippen molar-refractivity contribution in [3.05, 3.63) is 95.6 Å². The van der Waals surface area contributed by atoms with Crippen molar-refractivity contribution in [2.24, 2.45) is 0 Å². The normalized spacial score (nSPS) is 10.9. The molecule has 0 aliphatic carbocycles. The van der Waals surface area contributed by atoms with Crippen LogP contribution in [-0.2, 0) is 13.1 Å². The summed E-state index contributed by atoms with van der Waals surface area (Å²) in [5.74, 6) is 0.517. The maximum absolute atomic E-state index is 13.9. The maximum Gasteiger partial charge on any atom is 0.254 e. The van der Waals surface area contributed by atoms with Gasteiger partial charge < -0.3 is 14.6 Å². The molecule has 1 heterocycles. The Morgan fingerprint density at radius 2 is 1.77 bits per heavy atom. The molecule has 0 unspecified atom stereocenters. The molecule has 4 aromatic rings. The van der Waals surface area contributed by atoms with E-state index in [4.69, 9.17) is 4.74 Å². The van der Waals surface area contributed by atoms with Crippen molar-refractivity contribution in [3.63, 3.8) is 0 Å². The Labute approximate surface area is 174 Å². The highest BCUT2D eigenvalue weighted by Gasteiger charge is 2.14. The van der Waals surface area contributed by atoms with Gasteiger partial charge in [-0.2, -0.15) is 0 Å². The molecule has 0 radical (unpaired) electrons. The average Bonchev–Trinajstić information content (AvgIpc) is 3.11. The minimum atomic E-state index is -0.546. The molecule has 1 aromatic heterocycles. The highest BCUT2D eigenvalue weighted by molar-refractivity contribution is 5.94. The molecule has 0 spiro atoms. The molecular weight excluding hydrogens is 381 g/mol. The summed E-state index contributed by atoms with van der Waals surface area (Å²) in [7, 11) is 0. The van der Waals surface area contributed by atoms with E-state index in [9.17, 15) is 9.18 Å². The molecule has 0 bridgehead atoms. The summed E-state index contributed by atoms with van der Waals surface area (Å²) in [5, 5.41) is 2.77. The lowest BCUT2D eigenvalue weighted by molar-refractivity contribution is 0.0945. The Balaban J connectivity index is 1.51. The zero-order valence-electron chi connectivity index (χ0n) is 16.6. The minimum Gasteiger partial charge on any atom is -0.491 e. The van der Waals surface area contributed by atoms with Crippen molar-refractivity contribution in [2.45, 2.75) is 20.0 Å². The standard InChI is InChI=1S/C24H22FN3O2/c1-17-8-2-7-13-22(17)30-15-14-28-21-12-6-5-11-20(21)27-23(28)16-26-24(29)18-9-3-4-10-19(18)25/h2-13H,14-16H2,1H3,(H,26,29). The number of para-hydroxylation sites is 3. The summed E-state index contributed by atoms with van der Waals surface area (Å²) in [6, 6.07) is 21.6. The van der Waals surface area contributed by atoms with Gasteiger partial charge in [0.05, 0.1) is 29.7 Å². The number of rotatable bonds is 7. The molecule has 1 N–H and O–H groups in total. The first-order valence-corrected chi connectivity index (χ1v) is 9.79. The molecule has 6 heteroatoms. The fourth-order valence-corrected chi connectivity index (χ4v) is 3.38. The third-order valence-corrected chi connectivity index (χ3v) is 4.93. The van der Waals surface area contributed by atoms with E-state index < -0.39 is 11.7 Å². The molecule has 0 aliphatic rings. The second kappa shape index (κ2) is 8.78. The zero-order chi connectivity index (χ0) is 20.9. The largest absolute Gasteiger partial charge is 0.491 e. The topological polar surface area (TPSA) is 56.1 Å². The zero-order valence-corrected chi connectivity index (χ0v) is 16.6. The number of hydrogen-bond donors (Lipinski definition) is 1. The van der Waals surface area contributed by atoms with E-state index in [-0.39, 0.29) is 12.1 Å². The SMILES string of the molecule is Cc1ccccc1OCCn1c(CNC(=O)c2ccccc2F)nc2ccccc21. The molecule has 3 aromatic carbocycles. The van der Waals surface area contributed by atoms with Gasteiger partial charge in [-0.15, -0.1) is 0 Å². The Morgan fingerprint density at radius 1 is 1.03 bits per heavy atom. The van der Waals surface area contributed by atoms with E-state index in [0.29, 0.717) is 19.0 Å². The lowest BCUT2D eigenvalue weighted by atomic mass is 10.2. The van der Waals surface area contributed by atoms with Crippen molar-refractivity contribution in [2.75, 3.05) is 6.61 Å². The predicted molar refractivity (Wildman–Crippen MR) is 114 cm³/mol. The monoisotopic (exact) mass is 403 g/mol. The molecule has 30 heavy (non-hydrogen) atoms. The highest BCUT2D eigenvalue weighted by atomic mass is 19.1. The fraction of sp³-hybridized carbons (Fsp3) is 0.167. The lowest BCUT2D eigenvalue weighted by Crippen LogP contribution is -2.26. The van der Waals surface area contributed by atoms with Crippen LogP contribution >= 0.6 is 0 Å². The first-order valence-electron chi connectivity index (χ1n) is 9.79. The van der Waals surface area contributed by atoms with E-state index in [1.165, 1.54) is 12.1 Å². The quantitative estimate of drug-likeness (QED) is 0.495. The number of halogens is 1. The van der Waals surface area contributed by atoms with Crippen LogP contribution < -0.4 is 10.1 Å². The van der Waals surface area contributed by atoms with Crippen LogP contribution in [0.1, 0.15) is 21.7 Å². The molecular formula is C24H22FN3O2. The first kappa shape index (κ1) is 19.6.